The predicted octanol–water partition coefficient (Wildman–Crippen LogP) is 3.01. The Kier molecular flexibility index (Phi) is 5.50. The van der Waals surface area contributed by atoms with Gasteiger partial charge in [-0.25, -0.2) is 0 Å². The monoisotopic (exact) mass is 221 g/mol. The van der Waals surface area contributed by atoms with Crippen LogP contribution in [0.2, 0.25) is 0 Å². The third-order valence-electron chi connectivity index (χ3n) is 2.81. The smallest absolute Gasteiger partial charge is 0.0792 e. The fourth-order valence-electron chi connectivity index (χ4n) is 2.05. The number of rotatable bonds is 6. The molecule has 0 amide bonds. The number of ether oxygens (including phenoxy) is 1. The van der Waals surface area contributed by atoms with E-state index in [1.54, 1.807) is 0 Å². The van der Waals surface area contributed by atoms with Crippen LogP contribution in [0, 0.1) is 5.92 Å². The predicted molar refractivity (Wildman–Crippen MR) is 68.5 cm³/mol. The van der Waals surface area contributed by atoms with Crippen LogP contribution in [-0.4, -0.2) is 19.8 Å². The van der Waals surface area contributed by atoms with E-state index in [0.717, 1.165) is 6.61 Å². The molecule has 0 aliphatic rings. The number of benzene rings is 1. The number of hydrogen-bond acceptors (Lipinski definition) is 2. The first kappa shape index (κ1) is 13.2. The van der Waals surface area contributed by atoms with E-state index in [1.165, 1.54) is 5.56 Å². The zero-order valence-electron chi connectivity index (χ0n) is 10.7. The lowest BCUT2D eigenvalue weighted by Gasteiger charge is -2.30. The van der Waals surface area contributed by atoms with E-state index < -0.39 is 0 Å². The highest BCUT2D eigenvalue weighted by Crippen LogP contribution is 2.24. The summed E-state index contributed by atoms with van der Waals surface area (Å²) in [6, 6.07) is 10.7. The van der Waals surface area contributed by atoms with Gasteiger partial charge in [-0.05, 0) is 25.5 Å². The summed E-state index contributed by atoms with van der Waals surface area (Å²) >= 11 is 0. The highest BCUT2D eigenvalue weighted by atomic mass is 16.5. The average Bonchev–Trinajstić information content (AvgIpc) is 2.30. The lowest BCUT2D eigenvalue weighted by Crippen LogP contribution is -2.35. The van der Waals surface area contributed by atoms with Crippen LogP contribution in [0.4, 0.5) is 0 Å². The van der Waals surface area contributed by atoms with Gasteiger partial charge in [-0.1, -0.05) is 44.2 Å². The third-order valence-corrected chi connectivity index (χ3v) is 2.81. The Balaban J connectivity index is 2.86. The Labute approximate surface area is 99.0 Å². The summed E-state index contributed by atoms with van der Waals surface area (Å²) in [4.78, 5) is 0. The van der Waals surface area contributed by atoms with E-state index in [2.05, 4.69) is 43.4 Å². The maximum atomic E-state index is 5.85. The first-order chi connectivity index (χ1) is 7.70. The molecule has 2 heteroatoms. The lowest BCUT2D eigenvalue weighted by atomic mass is 9.93. The van der Waals surface area contributed by atoms with Crippen LogP contribution in [0.3, 0.4) is 0 Å². The molecule has 2 atom stereocenters. The van der Waals surface area contributed by atoms with Crippen molar-refractivity contribution in [2.24, 2.45) is 5.92 Å². The molecule has 0 spiro atoms. The van der Waals surface area contributed by atoms with Gasteiger partial charge in [-0.2, -0.15) is 0 Å². The summed E-state index contributed by atoms with van der Waals surface area (Å²) in [6.45, 7) is 7.21. The highest BCUT2D eigenvalue weighted by molar-refractivity contribution is 5.20. The fourth-order valence-corrected chi connectivity index (χ4v) is 2.05. The van der Waals surface area contributed by atoms with Gasteiger partial charge in [-0.3, -0.25) is 0 Å². The van der Waals surface area contributed by atoms with Gasteiger partial charge >= 0.3 is 0 Å². The molecule has 0 aliphatic heterocycles. The Morgan fingerprint density at radius 1 is 1.19 bits per heavy atom. The zero-order chi connectivity index (χ0) is 12.0. The molecule has 0 heterocycles. The van der Waals surface area contributed by atoms with E-state index in [4.69, 9.17) is 4.74 Å². The van der Waals surface area contributed by atoms with Crippen molar-refractivity contribution in [1.82, 2.24) is 5.32 Å². The molecule has 16 heavy (non-hydrogen) atoms. The molecule has 0 saturated heterocycles. The molecule has 90 valence electrons. The van der Waals surface area contributed by atoms with Gasteiger partial charge in [0.15, 0.2) is 0 Å². The third kappa shape index (κ3) is 3.32. The normalized spacial score (nSPS) is 15.1. The molecule has 1 aromatic carbocycles. The van der Waals surface area contributed by atoms with Crippen LogP contribution in [0.5, 0.6) is 0 Å². The summed E-state index contributed by atoms with van der Waals surface area (Å²) in [5, 5.41) is 3.36. The van der Waals surface area contributed by atoms with Gasteiger partial charge in [0.25, 0.3) is 0 Å². The molecule has 1 N–H and O–H groups in total. The quantitative estimate of drug-likeness (QED) is 0.797. The molecule has 2 unspecified atom stereocenters. The van der Waals surface area contributed by atoms with Crippen molar-refractivity contribution in [1.29, 1.82) is 0 Å². The van der Waals surface area contributed by atoms with Crippen molar-refractivity contribution in [2.75, 3.05) is 13.7 Å². The molecule has 0 aromatic heterocycles. The molecule has 0 bridgehead atoms. The summed E-state index contributed by atoms with van der Waals surface area (Å²) < 4.78 is 5.85. The van der Waals surface area contributed by atoms with Crippen LogP contribution in [-0.2, 0) is 4.74 Å². The number of nitrogens with one attached hydrogen (secondary N) is 1. The second kappa shape index (κ2) is 6.66. The SMILES string of the molecule is CCOC(C(C)C)C(NC)c1ccccc1. The van der Waals surface area contributed by atoms with Crippen molar-refractivity contribution in [2.45, 2.75) is 32.9 Å². The van der Waals surface area contributed by atoms with Crippen molar-refractivity contribution in [3.63, 3.8) is 0 Å². The van der Waals surface area contributed by atoms with Gasteiger partial charge in [-0.15, -0.1) is 0 Å². The Morgan fingerprint density at radius 2 is 1.81 bits per heavy atom. The van der Waals surface area contributed by atoms with Gasteiger partial charge in [0.05, 0.1) is 12.1 Å². The molecular formula is C14H23NO. The first-order valence-corrected chi connectivity index (χ1v) is 6.04. The van der Waals surface area contributed by atoms with Gasteiger partial charge in [0, 0.05) is 6.61 Å². The van der Waals surface area contributed by atoms with E-state index in [-0.39, 0.29) is 12.1 Å². The Bertz CT molecular complexity index is 284. The molecule has 1 aromatic rings. The summed E-state index contributed by atoms with van der Waals surface area (Å²) in [5.41, 5.74) is 1.29. The van der Waals surface area contributed by atoms with E-state index >= 15 is 0 Å². The van der Waals surface area contributed by atoms with Crippen molar-refractivity contribution >= 4 is 0 Å². The van der Waals surface area contributed by atoms with Crippen LogP contribution in [0.15, 0.2) is 30.3 Å². The molecule has 0 aliphatic carbocycles. The summed E-state index contributed by atoms with van der Waals surface area (Å²) in [7, 11) is 1.99. The number of likely N-dealkylation sites (N-methyl/N-ethyl adjacent to an activating group) is 1. The van der Waals surface area contributed by atoms with Gasteiger partial charge < -0.3 is 10.1 Å². The van der Waals surface area contributed by atoms with E-state index in [9.17, 15) is 0 Å². The summed E-state index contributed by atoms with van der Waals surface area (Å²) in [6.07, 6.45) is 0.220. The first-order valence-electron chi connectivity index (χ1n) is 6.04. The minimum atomic E-state index is 0.220. The van der Waals surface area contributed by atoms with Crippen molar-refractivity contribution in [3.05, 3.63) is 35.9 Å². The molecular weight excluding hydrogens is 198 g/mol. The van der Waals surface area contributed by atoms with E-state index in [1.807, 2.05) is 20.0 Å². The maximum Gasteiger partial charge on any atom is 0.0792 e. The average molecular weight is 221 g/mol. The van der Waals surface area contributed by atoms with Crippen LogP contribution >= 0.6 is 0 Å². The van der Waals surface area contributed by atoms with Gasteiger partial charge in [0.2, 0.25) is 0 Å². The van der Waals surface area contributed by atoms with Crippen LogP contribution in [0.25, 0.3) is 0 Å². The largest absolute Gasteiger partial charge is 0.376 e. The fraction of sp³-hybridized carbons (Fsp3) is 0.571. The minimum Gasteiger partial charge on any atom is -0.376 e. The molecule has 0 saturated carbocycles. The molecule has 0 fully saturated rings. The van der Waals surface area contributed by atoms with Crippen LogP contribution < -0.4 is 5.32 Å². The topological polar surface area (TPSA) is 21.3 Å². The molecule has 2 nitrogen and oxygen atoms in total. The minimum absolute atomic E-state index is 0.220. The maximum absolute atomic E-state index is 5.85. The summed E-state index contributed by atoms with van der Waals surface area (Å²) in [5.74, 6) is 0.498. The standard InChI is InChI=1S/C14H23NO/c1-5-16-14(11(2)3)13(15-4)12-9-7-6-8-10-12/h6-11,13-15H,5H2,1-4H3. The van der Waals surface area contributed by atoms with Crippen LogP contribution in [0.1, 0.15) is 32.4 Å². The second-order valence-electron chi connectivity index (χ2n) is 4.34. The number of hydrogen-bond donors (Lipinski definition) is 1. The lowest BCUT2D eigenvalue weighted by molar-refractivity contribution is 0.00460. The van der Waals surface area contributed by atoms with E-state index in [0.29, 0.717) is 5.92 Å². The Morgan fingerprint density at radius 3 is 2.25 bits per heavy atom. The van der Waals surface area contributed by atoms with Gasteiger partial charge in [0.1, 0.15) is 0 Å². The van der Waals surface area contributed by atoms with Crippen molar-refractivity contribution in [3.8, 4) is 0 Å². The molecule has 0 radical (unpaired) electrons. The molecule has 1 rings (SSSR count). The highest BCUT2D eigenvalue weighted by Gasteiger charge is 2.24. The van der Waals surface area contributed by atoms with Crippen molar-refractivity contribution < 1.29 is 4.74 Å². The Hall–Kier alpha value is -0.860. The second-order valence-corrected chi connectivity index (χ2v) is 4.34. The zero-order valence-corrected chi connectivity index (χ0v) is 10.7.